The van der Waals surface area contributed by atoms with Crippen LogP contribution in [0.1, 0.15) is 23.1 Å². The Morgan fingerprint density at radius 3 is 2.77 bits per heavy atom. The number of halogens is 1. The smallest absolute Gasteiger partial charge is 0.233 e. The summed E-state index contributed by atoms with van der Waals surface area (Å²) in [6, 6.07) is 11.8. The van der Waals surface area contributed by atoms with E-state index in [2.05, 4.69) is 30.9 Å². The summed E-state index contributed by atoms with van der Waals surface area (Å²) in [5.74, 6) is 0.0310. The summed E-state index contributed by atoms with van der Waals surface area (Å²) in [5, 5.41) is 1.39. The summed E-state index contributed by atoms with van der Waals surface area (Å²) in [7, 11) is 0. The number of thiazole rings is 1. The van der Waals surface area contributed by atoms with Crippen molar-refractivity contribution in [2.24, 2.45) is 0 Å². The van der Waals surface area contributed by atoms with Crippen molar-refractivity contribution in [3.05, 3.63) is 58.1 Å². The molecule has 1 amide bonds. The minimum absolute atomic E-state index is 0.0310. The maximum absolute atomic E-state index is 13.4. The predicted octanol–water partition coefficient (Wildman–Crippen LogP) is 4.86. The number of nitrogens with zero attached hydrogens (tertiary/aromatic N) is 3. The highest BCUT2D eigenvalue weighted by Crippen LogP contribution is 2.32. The number of morpholine rings is 1. The van der Waals surface area contributed by atoms with Gasteiger partial charge >= 0.3 is 0 Å². The fourth-order valence-electron chi connectivity index (χ4n) is 3.98. The summed E-state index contributed by atoms with van der Waals surface area (Å²) in [4.78, 5) is 22.5. The number of amides is 1. The van der Waals surface area contributed by atoms with Crippen LogP contribution >= 0.6 is 22.9 Å². The first kappa shape index (κ1) is 22.2. The Labute approximate surface area is 192 Å². The average molecular weight is 458 g/mol. The van der Waals surface area contributed by atoms with E-state index >= 15 is 0 Å². The van der Waals surface area contributed by atoms with Crippen LogP contribution in [0, 0.1) is 13.8 Å². The Morgan fingerprint density at radius 1 is 1.23 bits per heavy atom. The number of rotatable bonds is 7. The SMILES string of the molecule is Cc1cc(C)c2sc(N(CCCN3CCOCC3)C(=O)Cc3ccccc3Cl)nc2c1. The van der Waals surface area contributed by atoms with Crippen LogP contribution in [0.15, 0.2) is 36.4 Å². The minimum Gasteiger partial charge on any atom is -0.379 e. The zero-order chi connectivity index (χ0) is 21.8. The maximum Gasteiger partial charge on any atom is 0.233 e. The van der Waals surface area contributed by atoms with Crippen LogP contribution in [0.3, 0.4) is 0 Å². The van der Waals surface area contributed by atoms with Gasteiger partial charge in [0, 0.05) is 31.2 Å². The Morgan fingerprint density at radius 2 is 2.00 bits per heavy atom. The fraction of sp³-hybridized carbons (Fsp3) is 0.417. The van der Waals surface area contributed by atoms with Crippen LogP contribution in [0.4, 0.5) is 5.13 Å². The quantitative estimate of drug-likeness (QED) is 0.508. The predicted molar refractivity (Wildman–Crippen MR) is 128 cm³/mol. The molecule has 164 valence electrons. The molecule has 0 atom stereocenters. The molecule has 0 unspecified atom stereocenters. The Bertz CT molecular complexity index is 1060. The van der Waals surface area contributed by atoms with Crippen LogP contribution in [0.5, 0.6) is 0 Å². The molecule has 2 heterocycles. The van der Waals surface area contributed by atoms with Crippen LogP contribution in [-0.4, -0.2) is 55.2 Å². The van der Waals surface area contributed by atoms with E-state index in [-0.39, 0.29) is 12.3 Å². The van der Waals surface area contributed by atoms with Crippen LogP contribution < -0.4 is 4.90 Å². The number of benzene rings is 2. The number of fused-ring (bicyclic) bond motifs is 1. The Balaban J connectivity index is 1.56. The highest BCUT2D eigenvalue weighted by Gasteiger charge is 2.22. The lowest BCUT2D eigenvalue weighted by molar-refractivity contribution is -0.118. The first-order valence-corrected chi connectivity index (χ1v) is 11.9. The summed E-state index contributed by atoms with van der Waals surface area (Å²) < 4.78 is 6.58. The molecule has 1 aliphatic heterocycles. The Kier molecular flexibility index (Phi) is 7.23. The molecule has 5 nitrogen and oxygen atoms in total. The molecule has 0 saturated carbocycles. The van der Waals surface area contributed by atoms with Gasteiger partial charge in [-0.2, -0.15) is 0 Å². The third kappa shape index (κ3) is 5.44. The summed E-state index contributed by atoms with van der Waals surface area (Å²) in [6.07, 6.45) is 1.16. The topological polar surface area (TPSA) is 45.7 Å². The van der Waals surface area contributed by atoms with Gasteiger partial charge in [0.15, 0.2) is 5.13 Å². The largest absolute Gasteiger partial charge is 0.379 e. The summed E-state index contributed by atoms with van der Waals surface area (Å²) in [6.45, 7) is 9.23. The standard InChI is InChI=1S/C24H28ClN3O2S/c1-17-14-18(2)23-21(15-17)26-24(31-23)28(9-5-8-27-10-12-30-13-11-27)22(29)16-19-6-3-4-7-20(19)25/h3-4,6-7,14-15H,5,8-13,16H2,1-2H3. The number of anilines is 1. The highest BCUT2D eigenvalue weighted by molar-refractivity contribution is 7.22. The van der Waals surface area contributed by atoms with Crippen molar-refractivity contribution < 1.29 is 9.53 Å². The second-order valence-electron chi connectivity index (χ2n) is 8.05. The molecule has 0 radical (unpaired) electrons. The maximum atomic E-state index is 13.4. The third-order valence-corrected chi connectivity index (χ3v) is 7.20. The Hall–Kier alpha value is -1.99. The summed E-state index contributed by atoms with van der Waals surface area (Å²) in [5.41, 5.74) is 4.19. The van der Waals surface area contributed by atoms with E-state index in [1.165, 1.54) is 11.1 Å². The van der Waals surface area contributed by atoms with E-state index in [1.54, 1.807) is 11.3 Å². The normalized spacial score (nSPS) is 14.8. The summed E-state index contributed by atoms with van der Waals surface area (Å²) >= 11 is 7.92. The number of carbonyl (C=O) groups is 1. The lowest BCUT2D eigenvalue weighted by Crippen LogP contribution is -2.39. The van der Waals surface area contributed by atoms with Crippen molar-refractivity contribution in [2.45, 2.75) is 26.7 Å². The van der Waals surface area contributed by atoms with Gasteiger partial charge in [-0.3, -0.25) is 14.6 Å². The number of aryl methyl sites for hydroxylation is 2. The van der Waals surface area contributed by atoms with Gasteiger partial charge in [-0.25, -0.2) is 4.98 Å². The highest BCUT2D eigenvalue weighted by atomic mass is 35.5. The van der Waals surface area contributed by atoms with E-state index < -0.39 is 0 Å². The van der Waals surface area contributed by atoms with E-state index in [4.69, 9.17) is 21.3 Å². The van der Waals surface area contributed by atoms with E-state index in [1.807, 2.05) is 29.2 Å². The van der Waals surface area contributed by atoms with Crippen LogP contribution in [0.2, 0.25) is 5.02 Å². The second kappa shape index (κ2) is 10.1. The van der Waals surface area contributed by atoms with Crippen molar-refractivity contribution in [3.8, 4) is 0 Å². The molecule has 2 aromatic carbocycles. The molecule has 0 N–H and O–H groups in total. The van der Waals surface area contributed by atoms with Gasteiger partial charge in [0.2, 0.25) is 5.91 Å². The van der Waals surface area contributed by atoms with E-state index in [9.17, 15) is 4.79 Å². The molecular weight excluding hydrogens is 430 g/mol. The van der Waals surface area contributed by atoms with Crippen molar-refractivity contribution in [2.75, 3.05) is 44.3 Å². The zero-order valence-corrected chi connectivity index (χ0v) is 19.6. The molecule has 0 spiro atoms. The molecule has 1 aliphatic rings. The van der Waals surface area contributed by atoms with Gasteiger partial charge in [-0.15, -0.1) is 0 Å². The third-order valence-electron chi connectivity index (χ3n) is 5.60. The molecule has 31 heavy (non-hydrogen) atoms. The monoisotopic (exact) mass is 457 g/mol. The van der Waals surface area contributed by atoms with E-state index in [0.717, 1.165) is 60.2 Å². The lowest BCUT2D eigenvalue weighted by atomic mass is 10.1. The van der Waals surface area contributed by atoms with Gasteiger partial charge in [0.1, 0.15) is 0 Å². The number of carbonyl (C=O) groups excluding carboxylic acids is 1. The molecule has 4 rings (SSSR count). The molecule has 7 heteroatoms. The number of ether oxygens (including phenoxy) is 1. The van der Waals surface area contributed by atoms with Crippen LogP contribution in [-0.2, 0) is 16.0 Å². The molecule has 1 saturated heterocycles. The van der Waals surface area contributed by atoms with Gasteiger partial charge in [0.25, 0.3) is 0 Å². The number of aromatic nitrogens is 1. The minimum atomic E-state index is 0.0310. The molecule has 1 fully saturated rings. The molecule has 3 aromatic rings. The molecule has 0 bridgehead atoms. The van der Waals surface area contributed by atoms with Gasteiger partial charge in [-0.1, -0.05) is 47.2 Å². The molecule has 0 aliphatic carbocycles. The average Bonchev–Trinajstić information content (AvgIpc) is 3.17. The van der Waals surface area contributed by atoms with Gasteiger partial charge < -0.3 is 4.74 Å². The molecular formula is C24H28ClN3O2S. The number of hydrogen-bond acceptors (Lipinski definition) is 5. The van der Waals surface area contributed by atoms with Crippen LogP contribution in [0.25, 0.3) is 10.2 Å². The zero-order valence-electron chi connectivity index (χ0n) is 18.1. The van der Waals surface area contributed by atoms with Crippen molar-refractivity contribution in [3.63, 3.8) is 0 Å². The first-order chi connectivity index (χ1) is 15.0. The van der Waals surface area contributed by atoms with Gasteiger partial charge in [-0.05, 0) is 49.1 Å². The molecule has 1 aromatic heterocycles. The first-order valence-electron chi connectivity index (χ1n) is 10.7. The van der Waals surface area contributed by atoms with Crippen molar-refractivity contribution >= 4 is 44.2 Å². The van der Waals surface area contributed by atoms with Crippen molar-refractivity contribution in [1.82, 2.24) is 9.88 Å². The van der Waals surface area contributed by atoms with Gasteiger partial charge in [0.05, 0.1) is 29.9 Å². The van der Waals surface area contributed by atoms with E-state index in [0.29, 0.717) is 11.6 Å². The number of hydrogen-bond donors (Lipinski definition) is 0. The van der Waals surface area contributed by atoms with Crippen molar-refractivity contribution in [1.29, 1.82) is 0 Å². The second-order valence-corrected chi connectivity index (χ2v) is 9.43. The fourth-order valence-corrected chi connectivity index (χ4v) is 5.25. The lowest BCUT2D eigenvalue weighted by Gasteiger charge is -2.27.